The SMILES string of the molecule is COC(=O)CCCCCN(C)CCC(CSc1ccccc1)Nc1ccc(S(=O)(=O)NC(=O)c2ccc(N3CCC(C(O)c4ccccc4-c4ccc(Cl)cc4)CC3)cc2)cc1S(=O)(=O)C(F)(F)F. The van der Waals surface area contributed by atoms with Crippen LogP contribution in [0.15, 0.2) is 136 Å². The number of sulfone groups is 1. The number of halogens is 4. The van der Waals surface area contributed by atoms with Crippen molar-refractivity contribution in [2.75, 3.05) is 56.3 Å². The summed E-state index contributed by atoms with van der Waals surface area (Å²) in [6.07, 6.45) is 3.54. The number of aliphatic hydroxyl groups is 1. The number of benzene rings is 5. The number of nitrogens with zero attached hydrogens (tertiary/aromatic N) is 2. The first-order valence-electron chi connectivity index (χ1n) is 22.5. The van der Waals surface area contributed by atoms with Crippen molar-refractivity contribution in [3.05, 3.63) is 137 Å². The number of carbonyl (C=O) groups excluding carboxylic acids is 2. The Bertz CT molecular complexity index is 2730. The van der Waals surface area contributed by atoms with Gasteiger partial charge in [0.25, 0.3) is 25.8 Å². The molecule has 5 aromatic carbocycles. The largest absolute Gasteiger partial charge is 0.501 e. The van der Waals surface area contributed by atoms with Crippen molar-refractivity contribution in [3.8, 4) is 11.1 Å². The molecule has 2 unspecified atom stereocenters. The molecule has 3 N–H and O–H groups in total. The lowest BCUT2D eigenvalue weighted by molar-refractivity contribution is -0.140. The summed E-state index contributed by atoms with van der Waals surface area (Å²) in [5.74, 6) is -1.06. The number of piperidine rings is 1. The van der Waals surface area contributed by atoms with Crippen molar-refractivity contribution in [2.45, 2.75) is 77.3 Å². The van der Waals surface area contributed by atoms with Gasteiger partial charge in [0.1, 0.15) is 4.90 Å². The Balaban J connectivity index is 1.12. The van der Waals surface area contributed by atoms with Crippen molar-refractivity contribution in [1.82, 2.24) is 9.62 Å². The predicted molar refractivity (Wildman–Crippen MR) is 265 cm³/mol. The van der Waals surface area contributed by atoms with E-state index in [1.165, 1.54) is 31.0 Å². The molecule has 6 rings (SSSR count). The minimum Gasteiger partial charge on any atom is -0.469 e. The average molecular weight is 1030 g/mol. The number of carbonyl (C=O) groups is 2. The van der Waals surface area contributed by atoms with Gasteiger partial charge in [-0.1, -0.05) is 72.6 Å². The number of alkyl halides is 3. The smallest absolute Gasteiger partial charge is 0.469 e. The van der Waals surface area contributed by atoms with Crippen molar-refractivity contribution in [1.29, 1.82) is 0 Å². The number of amides is 1. The zero-order valence-electron chi connectivity index (χ0n) is 38.2. The minimum atomic E-state index is -6.11. The molecule has 1 aliphatic heterocycles. The van der Waals surface area contributed by atoms with E-state index in [1.54, 1.807) is 12.1 Å². The van der Waals surface area contributed by atoms with E-state index in [1.807, 2.05) is 95.5 Å². The normalized spacial score (nSPS) is 14.6. The van der Waals surface area contributed by atoms with Crippen LogP contribution in [0.1, 0.15) is 67.0 Å². The molecule has 0 radical (unpaired) electrons. The zero-order chi connectivity index (χ0) is 49.8. The van der Waals surface area contributed by atoms with E-state index in [9.17, 15) is 44.7 Å². The molecule has 1 heterocycles. The topological polar surface area (TPSA) is 162 Å². The van der Waals surface area contributed by atoms with Crippen LogP contribution in [0.5, 0.6) is 0 Å². The molecule has 0 aromatic heterocycles. The predicted octanol–water partition coefficient (Wildman–Crippen LogP) is 10.00. The van der Waals surface area contributed by atoms with E-state index >= 15 is 0 Å². The molecule has 12 nitrogen and oxygen atoms in total. The molecule has 1 amide bonds. The summed E-state index contributed by atoms with van der Waals surface area (Å²) in [6.45, 7) is 2.35. The number of hydrogen-bond donors (Lipinski definition) is 3. The van der Waals surface area contributed by atoms with Gasteiger partial charge in [0, 0.05) is 52.5 Å². The van der Waals surface area contributed by atoms with E-state index < -0.39 is 58.9 Å². The van der Waals surface area contributed by atoms with Gasteiger partial charge in [-0.2, -0.15) is 13.2 Å². The van der Waals surface area contributed by atoms with Crippen LogP contribution in [0.25, 0.3) is 11.1 Å². The zero-order valence-corrected chi connectivity index (χ0v) is 41.4. The maximum absolute atomic E-state index is 14.2. The molecule has 5 aromatic rings. The lowest BCUT2D eigenvalue weighted by Gasteiger charge is -2.36. The van der Waals surface area contributed by atoms with Gasteiger partial charge in [-0.05, 0) is 142 Å². The summed E-state index contributed by atoms with van der Waals surface area (Å²) in [5, 5.41) is 15.1. The highest BCUT2D eigenvalue weighted by atomic mass is 35.5. The third-order valence-corrected chi connectivity index (χ3v) is 16.3. The average Bonchev–Trinajstić information content (AvgIpc) is 3.34. The maximum atomic E-state index is 14.2. The fourth-order valence-corrected chi connectivity index (χ4v) is 11.3. The van der Waals surface area contributed by atoms with Crippen LogP contribution in [0, 0.1) is 5.92 Å². The molecule has 0 saturated carbocycles. The third-order valence-electron chi connectivity index (χ3n) is 12.1. The van der Waals surface area contributed by atoms with Gasteiger partial charge >= 0.3 is 11.5 Å². The van der Waals surface area contributed by atoms with Crippen LogP contribution in [-0.2, 0) is 29.4 Å². The molecule has 1 saturated heterocycles. The number of anilines is 2. The van der Waals surface area contributed by atoms with Crippen molar-refractivity contribution >= 4 is 66.5 Å². The first kappa shape index (κ1) is 53.2. The van der Waals surface area contributed by atoms with Gasteiger partial charge in [-0.3, -0.25) is 9.59 Å². The summed E-state index contributed by atoms with van der Waals surface area (Å²) in [4.78, 5) is 27.6. The van der Waals surface area contributed by atoms with Crippen molar-refractivity contribution < 1.29 is 49.4 Å². The van der Waals surface area contributed by atoms with E-state index in [4.69, 9.17) is 11.6 Å². The Hall–Kier alpha value is -5.11. The van der Waals surface area contributed by atoms with E-state index in [2.05, 4.69) is 15.0 Å². The Labute approximate surface area is 411 Å². The molecule has 1 fully saturated rings. The number of sulfonamides is 1. The lowest BCUT2D eigenvalue weighted by atomic mass is 9.84. The van der Waals surface area contributed by atoms with Gasteiger partial charge in [-0.25, -0.2) is 21.6 Å². The van der Waals surface area contributed by atoms with E-state index in [-0.39, 0.29) is 17.5 Å². The number of hydrogen-bond acceptors (Lipinski definition) is 12. The Morgan fingerprint density at radius 1 is 0.870 bits per heavy atom. The highest BCUT2D eigenvalue weighted by Gasteiger charge is 2.48. The monoisotopic (exact) mass is 1030 g/mol. The fourth-order valence-electron chi connectivity index (χ4n) is 8.12. The second-order valence-electron chi connectivity index (χ2n) is 16.9. The van der Waals surface area contributed by atoms with E-state index in [0.717, 1.165) is 52.2 Å². The van der Waals surface area contributed by atoms with Crippen LogP contribution >= 0.6 is 23.4 Å². The summed E-state index contributed by atoms with van der Waals surface area (Å²) >= 11 is 7.52. The number of unbranched alkanes of at least 4 members (excludes halogenated alkanes) is 2. The summed E-state index contributed by atoms with van der Waals surface area (Å²) in [5.41, 5.74) is -2.83. The standard InChI is InChI=1S/C50H56ClF3N4O8S3/c1-57(29-10-4-7-15-47(59)66-2)30-28-39(34-67-41-11-5-3-6-12-41)55-45-25-24-42(33-46(45)68(62,63)50(52,53)54)69(64,65)56-49(61)37-18-22-40(23-19-37)58-31-26-36(27-32-58)48(60)44-14-9-8-13-43(44)35-16-20-38(51)21-17-35/h3,5-6,8-9,11-14,16-25,33,36,39,48,55,60H,4,7,10,15,26-32,34H2,1-2H3,(H,56,61). The molecule has 370 valence electrons. The van der Waals surface area contributed by atoms with E-state index in [0.29, 0.717) is 75.1 Å². The Morgan fingerprint density at radius 3 is 2.20 bits per heavy atom. The third kappa shape index (κ3) is 14.5. The highest BCUT2D eigenvalue weighted by molar-refractivity contribution is 7.99. The molecule has 1 aliphatic rings. The summed E-state index contributed by atoms with van der Waals surface area (Å²) < 4.78 is 103. The molecule has 2 atom stereocenters. The second-order valence-corrected chi connectivity index (χ2v) is 22.0. The number of methoxy groups -OCH3 is 1. The molecule has 0 spiro atoms. The molecule has 0 bridgehead atoms. The lowest BCUT2D eigenvalue weighted by Crippen LogP contribution is -2.36. The number of ether oxygens (including phenoxy) is 1. The minimum absolute atomic E-state index is 0.0264. The summed E-state index contributed by atoms with van der Waals surface area (Å²) in [7, 11) is -7.78. The van der Waals surface area contributed by atoms with Gasteiger partial charge in [0.2, 0.25) is 0 Å². The molecule has 19 heteroatoms. The van der Waals surface area contributed by atoms with Crippen LogP contribution in [0.2, 0.25) is 5.02 Å². The van der Waals surface area contributed by atoms with Gasteiger partial charge in [0.05, 0.1) is 23.8 Å². The number of esters is 1. The first-order chi connectivity index (χ1) is 32.9. The molecular formula is C50H56ClF3N4O8S3. The van der Waals surface area contributed by atoms with Crippen molar-refractivity contribution in [3.63, 3.8) is 0 Å². The Kier molecular flexibility index (Phi) is 18.6. The van der Waals surface area contributed by atoms with Crippen LogP contribution in [0.3, 0.4) is 0 Å². The summed E-state index contributed by atoms with van der Waals surface area (Å²) in [6, 6.07) is 32.3. The Morgan fingerprint density at radius 2 is 1.54 bits per heavy atom. The van der Waals surface area contributed by atoms with Crippen LogP contribution in [-0.4, -0.2) is 96.4 Å². The van der Waals surface area contributed by atoms with Crippen molar-refractivity contribution in [2.24, 2.45) is 5.92 Å². The van der Waals surface area contributed by atoms with Gasteiger partial charge in [-0.15, -0.1) is 11.8 Å². The molecular weight excluding hydrogens is 973 g/mol. The van der Waals surface area contributed by atoms with Gasteiger partial charge < -0.3 is 25.0 Å². The van der Waals surface area contributed by atoms with Crippen LogP contribution < -0.4 is 14.9 Å². The maximum Gasteiger partial charge on any atom is 0.501 e. The molecule has 69 heavy (non-hydrogen) atoms. The van der Waals surface area contributed by atoms with Crippen LogP contribution in [0.4, 0.5) is 24.5 Å². The highest BCUT2D eigenvalue weighted by Crippen LogP contribution is 2.39. The first-order valence-corrected chi connectivity index (χ1v) is 26.8. The number of rotatable bonds is 22. The fraction of sp³-hybridized carbons (Fsp3) is 0.360. The second kappa shape index (κ2) is 24.1. The molecule has 0 aliphatic carbocycles. The number of aliphatic hydroxyl groups excluding tert-OH is 1. The quantitative estimate of drug-likeness (QED) is 0.0342. The number of thioether (sulfide) groups is 1. The van der Waals surface area contributed by atoms with Gasteiger partial charge in [0.15, 0.2) is 0 Å². The number of nitrogens with one attached hydrogen (secondary N) is 2.